The summed E-state index contributed by atoms with van der Waals surface area (Å²) in [5, 5.41) is 3.04. The number of nitrogens with zero attached hydrogens (tertiary/aromatic N) is 1. The topological polar surface area (TPSA) is 41.6 Å². The first kappa shape index (κ1) is 20.1. The summed E-state index contributed by atoms with van der Waals surface area (Å²) >= 11 is 0. The average molecular weight is 354 g/mol. The molecule has 0 heterocycles. The summed E-state index contributed by atoms with van der Waals surface area (Å²) in [5.74, 6) is 0.0227. The molecule has 0 bridgehead atoms. The number of anilines is 1. The summed E-state index contributed by atoms with van der Waals surface area (Å²) in [5.41, 5.74) is 4.53. The van der Waals surface area contributed by atoms with Gasteiger partial charge in [-0.05, 0) is 56.0 Å². The fourth-order valence-corrected chi connectivity index (χ4v) is 2.92. The summed E-state index contributed by atoms with van der Waals surface area (Å²) in [7, 11) is 1.69. The molecule has 4 heteroatoms. The van der Waals surface area contributed by atoms with Crippen LogP contribution in [0.3, 0.4) is 0 Å². The Morgan fingerprint density at radius 2 is 1.81 bits per heavy atom. The van der Waals surface area contributed by atoms with Crippen molar-refractivity contribution in [1.29, 1.82) is 0 Å². The van der Waals surface area contributed by atoms with Crippen molar-refractivity contribution in [1.82, 2.24) is 4.90 Å². The number of hydrogen-bond donors (Lipinski definition) is 1. The van der Waals surface area contributed by atoms with Crippen molar-refractivity contribution in [2.24, 2.45) is 0 Å². The van der Waals surface area contributed by atoms with Gasteiger partial charge in [0.15, 0.2) is 0 Å². The SMILES string of the molecule is COCCN(CCCc1ccccc1)CC(=O)Nc1cccc(C)c1C. The lowest BCUT2D eigenvalue weighted by molar-refractivity contribution is -0.117. The Bertz CT molecular complexity index is 686. The van der Waals surface area contributed by atoms with Crippen molar-refractivity contribution in [2.75, 3.05) is 38.7 Å². The first-order valence-corrected chi connectivity index (χ1v) is 9.21. The first-order chi connectivity index (χ1) is 12.6. The quantitative estimate of drug-likeness (QED) is 0.705. The molecule has 0 radical (unpaired) electrons. The van der Waals surface area contributed by atoms with Gasteiger partial charge in [-0.15, -0.1) is 0 Å². The van der Waals surface area contributed by atoms with Gasteiger partial charge in [0.1, 0.15) is 0 Å². The maximum Gasteiger partial charge on any atom is 0.238 e. The van der Waals surface area contributed by atoms with Gasteiger partial charge < -0.3 is 10.1 Å². The van der Waals surface area contributed by atoms with Crippen LogP contribution in [0.4, 0.5) is 5.69 Å². The van der Waals surface area contributed by atoms with E-state index in [4.69, 9.17) is 4.74 Å². The molecule has 2 aromatic carbocycles. The summed E-state index contributed by atoms with van der Waals surface area (Å²) in [6.07, 6.45) is 2.04. The predicted octanol–water partition coefficient (Wildman–Crippen LogP) is 3.82. The third kappa shape index (κ3) is 6.62. The van der Waals surface area contributed by atoms with Crippen molar-refractivity contribution in [3.63, 3.8) is 0 Å². The van der Waals surface area contributed by atoms with Crippen LogP contribution in [0.15, 0.2) is 48.5 Å². The number of methoxy groups -OCH3 is 1. The second-order valence-electron chi connectivity index (χ2n) is 6.65. The van der Waals surface area contributed by atoms with Crippen molar-refractivity contribution in [3.8, 4) is 0 Å². The Morgan fingerprint density at radius 1 is 1.04 bits per heavy atom. The molecule has 0 spiro atoms. The Labute approximate surface area is 157 Å². The van der Waals surface area contributed by atoms with E-state index in [-0.39, 0.29) is 5.91 Å². The zero-order valence-electron chi connectivity index (χ0n) is 16.1. The van der Waals surface area contributed by atoms with Crippen LogP contribution < -0.4 is 5.32 Å². The van der Waals surface area contributed by atoms with Crippen molar-refractivity contribution >= 4 is 11.6 Å². The summed E-state index contributed by atoms with van der Waals surface area (Å²) in [6, 6.07) is 16.4. The molecule has 0 aromatic heterocycles. The van der Waals surface area contributed by atoms with Gasteiger partial charge in [0, 0.05) is 19.3 Å². The van der Waals surface area contributed by atoms with Crippen molar-refractivity contribution in [2.45, 2.75) is 26.7 Å². The fraction of sp³-hybridized carbons (Fsp3) is 0.409. The van der Waals surface area contributed by atoms with E-state index in [0.29, 0.717) is 13.2 Å². The normalized spacial score (nSPS) is 10.9. The standard InChI is InChI=1S/C22H30N2O2/c1-18-9-7-13-21(19(18)2)23-22(25)17-24(15-16-26-3)14-8-12-20-10-5-4-6-11-20/h4-7,9-11,13H,8,12,14-17H2,1-3H3,(H,23,25). The van der Waals surface area contributed by atoms with Gasteiger partial charge in [-0.3, -0.25) is 9.69 Å². The minimum atomic E-state index is 0.0227. The molecule has 0 unspecified atom stereocenters. The van der Waals surface area contributed by atoms with Crippen LogP contribution in [0.1, 0.15) is 23.1 Å². The third-order valence-electron chi connectivity index (χ3n) is 4.64. The Kier molecular flexibility index (Phi) is 8.32. The lowest BCUT2D eigenvalue weighted by atomic mass is 10.1. The van der Waals surface area contributed by atoms with Crippen LogP contribution in [0.2, 0.25) is 0 Å². The molecular formula is C22H30N2O2. The zero-order valence-corrected chi connectivity index (χ0v) is 16.1. The van der Waals surface area contributed by atoms with E-state index in [1.165, 1.54) is 11.1 Å². The van der Waals surface area contributed by atoms with Gasteiger partial charge in [0.25, 0.3) is 0 Å². The van der Waals surface area contributed by atoms with Gasteiger partial charge in [-0.25, -0.2) is 0 Å². The van der Waals surface area contributed by atoms with Crippen molar-refractivity contribution < 1.29 is 9.53 Å². The van der Waals surface area contributed by atoms with E-state index in [1.807, 2.05) is 25.1 Å². The molecule has 0 atom stereocenters. The van der Waals surface area contributed by atoms with Gasteiger partial charge >= 0.3 is 0 Å². The largest absolute Gasteiger partial charge is 0.383 e. The zero-order chi connectivity index (χ0) is 18.8. The molecule has 0 aliphatic heterocycles. The van der Waals surface area contributed by atoms with Crippen LogP contribution in [-0.4, -0.2) is 44.2 Å². The van der Waals surface area contributed by atoms with E-state index in [9.17, 15) is 4.79 Å². The van der Waals surface area contributed by atoms with E-state index in [2.05, 4.69) is 47.5 Å². The molecule has 0 fully saturated rings. The predicted molar refractivity (Wildman–Crippen MR) is 108 cm³/mol. The highest BCUT2D eigenvalue weighted by Gasteiger charge is 2.12. The maximum atomic E-state index is 12.5. The van der Waals surface area contributed by atoms with E-state index >= 15 is 0 Å². The van der Waals surface area contributed by atoms with E-state index in [0.717, 1.165) is 37.2 Å². The number of carbonyl (C=O) groups is 1. The maximum absolute atomic E-state index is 12.5. The Balaban J connectivity index is 1.87. The molecule has 0 saturated carbocycles. The van der Waals surface area contributed by atoms with Gasteiger partial charge in [0.2, 0.25) is 5.91 Å². The lowest BCUT2D eigenvalue weighted by Crippen LogP contribution is -2.36. The highest BCUT2D eigenvalue weighted by atomic mass is 16.5. The second-order valence-corrected chi connectivity index (χ2v) is 6.65. The number of ether oxygens (including phenoxy) is 1. The number of aryl methyl sites for hydroxylation is 2. The highest BCUT2D eigenvalue weighted by molar-refractivity contribution is 5.93. The van der Waals surface area contributed by atoms with Gasteiger partial charge in [-0.1, -0.05) is 42.5 Å². The minimum Gasteiger partial charge on any atom is -0.383 e. The Hall–Kier alpha value is -2.17. The van der Waals surface area contributed by atoms with Crippen molar-refractivity contribution in [3.05, 3.63) is 65.2 Å². The molecule has 2 rings (SSSR count). The number of carbonyl (C=O) groups excluding carboxylic acids is 1. The number of hydrogen-bond acceptors (Lipinski definition) is 3. The average Bonchev–Trinajstić information content (AvgIpc) is 2.64. The Morgan fingerprint density at radius 3 is 2.54 bits per heavy atom. The van der Waals surface area contributed by atoms with Crippen LogP contribution in [0.25, 0.3) is 0 Å². The van der Waals surface area contributed by atoms with Gasteiger partial charge in [-0.2, -0.15) is 0 Å². The molecule has 0 saturated heterocycles. The number of benzene rings is 2. The van der Waals surface area contributed by atoms with E-state index in [1.54, 1.807) is 7.11 Å². The highest BCUT2D eigenvalue weighted by Crippen LogP contribution is 2.17. The molecule has 1 N–H and O–H groups in total. The van der Waals surface area contributed by atoms with Crippen LogP contribution >= 0.6 is 0 Å². The lowest BCUT2D eigenvalue weighted by Gasteiger charge is -2.22. The molecule has 2 aromatic rings. The van der Waals surface area contributed by atoms with E-state index < -0.39 is 0 Å². The number of rotatable bonds is 10. The molecule has 140 valence electrons. The fourth-order valence-electron chi connectivity index (χ4n) is 2.92. The van der Waals surface area contributed by atoms with Gasteiger partial charge in [0.05, 0.1) is 13.2 Å². The smallest absolute Gasteiger partial charge is 0.238 e. The molecule has 1 amide bonds. The van der Waals surface area contributed by atoms with Crippen LogP contribution in [0, 0.1) is 13.8 Å². The summed E-state index contributed by atoms with van der Waals surface area (Å²) in [4.78, 5) is 14.6. The molecule has 4 nitrogen and oxygen atoms in total. The van der Waals surface area contributed by atoms with Crippen LogP contribution in [-0.2, 0) is 16.0 Å². The monoisotopic (exact) mass is 354 g/mol. The first-order valence-electron chi connectivity index (χ1n) is 9.21. The molecule has 0 aliphatic rings. The third-order valence-corrected chi connectivity index (χ3v) is 4.64. The summed E-state index contributed by atoms with van der Waals surface area (Å²) < 4.78 is 5.20. The minimum absolute atomic E-state index is 0.0227. The van der Waals surface area contributed by atoms with Crippen LogP contribution in [0.5, 0.6) is 0 Å². The second kappa shape index (κ2) is 10.7. The molecular weight excluding hydrogens is 324 g/mol. The number of nitrogens with one attached hydrogen (secondary N) is 1. The molecule has 26 heavy (non-hydrogen) atoms. The molecule has 0 aliphatic carbocycles. The summed E-state index contributed by atoms with van der Waals surface area (Å²) in [6.45, 7) is 6.73. The number of amides is 1.